The molecule has 0 radical (unpaired) electrons. The number of hydrogen-bond acceptors (Lipinski definition) is 9. The number of carbonyl (C=O) groups excluding carboxylic acids is 1. The van der Waals surface area contributed by atoms with Gasteiger partial charge in [0.25, 0.3) is 15.9 Å². The summed E-state index contributed by atoms with van der Waals surface area (Å²) in [5.74, 6) is 1.33. The van der Waals surface area contributed by atoms with Gasteiger partial charge in [-0.2, -0.15) is 8.42 Å². The fourth-order valence-electron chi connectivity index (χ4n) is 6.40. The monoisotopic (exact) mass is 601 g/mol. The fraction of sp³-hybridized carbons (Fsp3) is 0.645. The molecular formula is C31H47N5O5S. The summed E-state index contributed by atoms with van der Waals surface area (Å²) >= 11 is 0. The number of nitrogens with one attached hydrogen (secondary N) is 1. The molecule has 1 saturated heterocycles. The number of aromatic nitrogens is 2. The molecule has 1 aliphatic carbocycles. The largest absolute Gasteiger partial charge is 0.379 e. The zero-order chi connectivity index (χ0) is 30.7. The molecule has 2 fully saturated rings. The van der Waals surface area contributed by atoms with Gasteiger partial charge < -0.3 is 19.3 Å². The van der Waals surface area contributed by atoms with Crippen molar-refractivity contribution in [1.82, 2.24) is 14.7 Å². The average molecular weight is 602 g/mol. The lowest BCUT2D eigenvalue weighted by atomic mass is 9.79. The molecule has 1 saturated carbocycles. The van der Waals surface area contributed by atoms with Crippen molar-refractivity contribution in [2.24, 2.45) is 11.8 Å². The van der Waals surface area contributed by atoms with Gasteiger partial charge >= 0.3 is 0 Å². The average Bonchev–Trinajstić information content (AvgIpc) is 3.21. The molecule has 4 atom stereocenters. The summed E-state index contributed by atoms with van der Waals surface area (Å²) in [6.07, 6.45) is 3.87. The molecule has 4 rings (SSSR count). The Labute approximate surface area is 251 Å². The van der Waals surface area contributed by atoms with Crippen molar-refractivity contribution in [2.75, 3.05) is 50.3 Å². The molecule has 1 aliphatic heterocycles. The zero-order valence-electron chi connectivity index (χ0n) is 26.1. The molecule has 10 nitrogen and oxygen atoms in total. The van der Waals surface area contributed by atoms with Gasteiger partial charge in [-0.05, 0) is 82.6 Å². The summed E-state index contributed by atoms with van der Waals surface area (Å²) in [7, 11) is -0.661. The summed E-state index contributed by atoms with van der Waals surface area (Å²) in [4.78, 5) is 26.9. The maximum absolute atomic E-state index is 13.7. The molecule has 2 aromatic heterocycles. The zero-order valence-corrected chi connectivity index (χ0v) is 26.9. The molecule has 1 amide bonds. The number of carbonyl (C=O) groups is 1. The molecule has 42 heavy (non-hydrogen) atoms. The number of pyridine rings is 2. The van der Waals surface area contributed by atoms with E-state index in [0.29, 0.717) is 43.3 Å². The molecule has 0 spiro atoms. The second-order valence-electron chi connectivity index (χ2n) is 12.7. The third kappa shape index (κ3) is 7.60. The lowest BCUT2D eigenvalue weighted by Gasteiger charge is -2.36. The van der Waals surface area contributed by atoms with Gasteiger partial charge in [-0.15, -0.1) is 0 Å². The summed E-state index contributed by atoms with van der Waals surface area (Å²) in [5, 5.41) is -0.213. The van der Waals surface area contributed by atoms with Gasteiger partial charge in [0.1, 0.15) is 11.6 Å². The second-order valence-corrected chi connectivity index (χ2v) is 14.3. The summed E-state index contributed by atoms with van der Waals surface area (Å²) in [6, 6.07) is 8.31. The molecule has 3 unspecified atom stereocenters. The topological polar surface area (TPSA) is 114 Å². The van der Waals surface area contributed by atoms with Gasteiger partial charge in [-0.3, -0.25) is 4.79 Å². The van der Waals surface area contributed by atoms with Gasteiger partial charge in [-0.1, -0.05) is 19.9 Å². The molecule has 3 heterocycles. The lowest BCUT2D eigenvalue weighted by molar-refractivity contribution is -0.0209. The van der Waals surface area contributed by atoms with Crippen LogP contribution in [-0.2, 0) is 19.5 Å². The standard InChI is InChI=1S/C31H47N5O5S/c1-8-40-14-15-41-24-17-21(2)16-23(18-24)26-13-12-25(29(32-26)36-20-22(3)19-31(36,4)5)30(37)34-42(38,39)28-11-9-10-27(33-28)35(6)7/h9-13,21-24H,8,14-20H2,1-7H3,(H,34,37)/t21?,22-,23?,24?/m0/s1. The molecular weight excluding hydrogens is 554 g/mol. The molecule has 0 bridgehead atoms. The van der Waals surface area contributed by atoms with Gasteiger partial charge in [0.05, 0.1) is 24.9 Å². The van der Waals surface area contributed by atoms with Crippen LogP contribution in [0, 0.1) is 11.8 Å². The first-order valence-electron chi connectivity index (χ1n) is 15.0. The van der Waals surface area contributed by atoms with Crippen LogP contribution in [-0.4, -0.2) is 76.4 Å². The Bertz CT molecular complexity index is 1350. The van der Waals surface area contributed by atoms with Crippen LogP contribution in [0.15, 0.2) is 35.4 Å². The van der Waals surface area contributed by atoms with Crippen molar-refractivity contribution in [1.29, 1.82) is 0 Å². The maximum atomic E-state index is 13.7. The van der Waals surface area contributed by atoms with E-state index in [1.165, 1.54) is 6.07 Å². The van der Waals surface area contributed by atoms with Crippen LogP contribution < -0.4 is 14.5 Å². The van der Waals surface area contributed by atoms with Crippen LogP contribution >= 0.6 is 0 Å². The predicted molar refractivity (Wildman–Crippen MR) is 165 cm³/mol. The van der Waals surface area contributed by atoms with Crippen molar-refractivity contribution in [2.45, 2.75) is 82.9 Å². The first-order valence-corrected chi connectivity index (χ1v) is 16.5. The number of nitrogens with zero attached hydrogens (tertiary/aromatic N) is 4. The Kier molecular flexibility index (Phi) is 10.2. The summed E-state index contributed by atoms with van der Waals surface area (Å²) in [6.45, 7) is 13.2. The summed E-state index contributed by atoms with van der Waals surface area (Å²) < 4.78 is 40.4. The van der Waals surface area contributed by atoms with Gasteiger partial charge in [0.2, 0.25) is 0 Å². The second kappa shape index (κ2) is 13.3. The van der Waals surface area contributed by atoms with E-state index in [9.17, 15) is 13.2 Å². The lowest BCUT2D eigenvalue weighted by Crippen LogP contribution is -2.41. The van der Waals surface area contributed by atoms with E-state index in [1.54, 1.807) is 37.2 Å². The van der Waals surface area contributed by atoms with Crippen molar-refractivity contribution < 1.29 is 22.7 Å². The number of anilines is 2. The highest BCUT2D eigenvalue weighted by atomic mass is 32.2. The number of amides is 1. The SMILES string of the molecule is CCOCCOC1CC(C)CC(c2ccc(C(=O)NS(=O)(=O)c3cccc(N(C)C)n3)c(N3C[C@@H](C)CC3(C)C)n2)C1. The molecule has 2 aromatic rings. The first kappa shape index (κ1) is 32.2. The highest BCUT2D eigenvalue weighted by Crippen LogP contribution is 2.41. The van der Waals surface area contributed by atoms with Crippen molar-refractivity contribution >= 4 is 27.6 Å². The first-order chi connectivity index (χ1) is 19.8. The van der Waals surface area contributed by atoms with Crippen LogP contribution in [0.2, 0.25) is 0 Å². The maximum Gasteiger partial charge on any atom is 0.281 e. The Morgan fingerprint density at radius 2 is 1.83 bits per heavy atom. The van der Waals surface area contributed by atoms with E-state index in [2.05, 4.69) is 42.3 Å². The van der Waals surface area contributed by atoms with E-state index in [-0.39, 0.29) is 28.2 Å². The minimum atomic E-state index is -4.21. The predicted octanol–water partition coefficient (Wildman–Crippen LogP) is 4.61. The van der Waals surface area contributed by atoms with E-state index < -0.39 is 15.9 Å². The normalized spacial score (nSPS) is 24.0. The van der Waals surface area contributed by atoms with Crippen LogP contribution in [0.5, 0.6) is 0 Å². The Hall–Kier alpha value is -2.76. The minimum Gasteiger partial charge on any atom is -0.379 e. The fourth-order valence-corrected chi connectivity index (χ4v) is 7.33. The van der Waals surface area contributed by atoms with Gasteiger partial charge in [0.15, 0.2) is 5.03 Å². The van der Waals surface area contributed by atoms with Crippen molar-refractivity contribution in [3.05, 3.63) is 41.6 Å². The molecule has 0 aromatic carbocycles. The van der Waals surface area contributed by atoms with E-state index >= 15 is 0 Å². The smallest absolute Gasteiger partial charge is 0.281 e. The number of ether oxygens (including phenoxy) is 2. The van der Waals surface area contributed by atoms with Crippen LogP contribution in [0.25, 0.3) is 0 Å². The highest BCUT2D eigenvalue weighted by Gasteiger charge is 2.40. The third-order valence-electron chi connectivity index (χ3n) is 8.24. The van der Waals surface area contributed by atoms with E-state index in [0.717, 1.165) is 37.9 Å². The number of rotatable bonds is 11. The van der Waals surface area contributed by atoms with Gasteiger partial charge in [-0.25, -0.2) is 14.7 Å². The minimum absolute atomic E-state index is 0.117. The third-order valence-corrected chi connectivity index (χ3v) is 9.47. The Morgan fingerprint density at radius 3 is 2.50 bits per heavy atom. The molecule has 2 aliphatic rings. The van der Waals surface area contributed by atoms with Crippen molar-refractivity contribution in [3.8, 4) is 0 Å². The molecule has 1 N–H and O–H groups in total. The Balaban J connectivity index is 1.64. The van der Waals surface area contributed by atoms with Crippen LogP contribution in [0.3, 0.4) is 0 Å². The quantitative estimate of drug-likeness (QED) is 0.369. The van der Waals surface area contributed by atoms with Crippen LogP contribution in [0.4, 0.5) is 11.6 Å². The number of hydrogen-bond donors (Lipinski definition) is 1. The number of sulfonamides is 1. The molecule has 11 heteroatoms. The van der Waals surface area contributed by atoms with E-state index in [4.69, 9.17) is 14.5 Å². The Morgan fingerprint density at radius 1 is 1.07 bits per heavy atom. The van der Waals surface area contributed by atoms with Crippen molar-refractivity contribution in [3.63, 3.8) is 0 Å². The highest BCUT2D eigenvalue weighted by molar-refractivity contribution is 7.90. The van der Waals surface area contributed by atoms with Crippen LogP contribution in [0.1, 0.15) is 82.3 Å². The van der Waals surface area contributed by atoms with Gasteiger partial charge in [0, 0.05) is 44.4 Å². The summed E-state index contributed by atoms with van der Waals surface area (Å²) in [5.41, 5.74) is 0.900. The molecule has 232 valence electrons. The van der Waals surface area contributed by atoms with E-state index in [1.807, 2.05) is 13.0 Å².